The van der Waals surface area contributed by atoms with Crippen LogP contribution in [0.3, 0.4) is 0 Å². The summed E-state index contributed by atoms with van der Waals surface area (Å²) in [7, 11) is 0. The highest BCUT2D eigenvalue weighted by atomic mass is 35.5. The summed E-state index contributed by atoms with van der Waals surface area (Å²) in [5, 5.41) is 12.4. The summed E-state index contributed by atoms with van der Waals surface area (Å²) in [4.78, 5) is 4.14. The molecule has 17 heavy (non-hydrogen) atoms. The maximum absolute atomic E-state index is 8.83. The lowest BCUT2D eigenvalue weighted by Gasteiger charge is -2.27. The quantitative estimate of drug-likeness (QED) is 0.834. The van der Waals surface area contributed by atoms with E-state index in [0.29, 0.717) is 22.5 Å². The zero-order valence-corrected chi connectivity index (χ0v) is 11.5. The summed E-state index contributed by atoms with van der Waals surface area (Å²) in [6, 6.07) is 5.33. The predicted molar refractivity (Wildman–Crippen MR) is 71.1 cm³/mol. The maximum Gasteiger partial charge on any atom is 0.132 e. The molecule has 1 unspecified atom stereocenters. The monoisotopic (exact) mass is 251 g/mol. The molecule has 4 heteroatoms. The standard InChI is InChI=1S/C13H18ClN3/c1-9(13(2,3)4)8-16-12-6-10(7-15)5-11(14)17-12/h5-6,9H,8H2,1-4H3,(H,16,17). The van der Waals surface area contributed by atoms with Crippen molar-refractivity contribution < 1.29 is 0 Å². The molecule has 1 heterocycles. The maximum atomic E-state index is 8.83. The molecule has 1 atom stereocenters. The topological polar surface area (TPSA) is 48.7 Å². The third kappa shape index (κ3) is 4.24. The summed E-state index contributed by atoms with van der Waals surface area (Å²) in [6.45, 7) is 9.59. The molecular formula is C13H18ClN3. The van der Waals surface area contributed by atoms with Crippen LogP contribution in [0.5, 0.6) is 0 Å². The van der Waals surface area contributed by atoms with E-state index in [1.165, 1.54) is 0 Å². The smallest absolute Gasteiger partial charge is 0.132 e. The minimum Gasteiger partial charge on any atom is -0.370 e. The lowest BCUT2D eigenvalue weighted by molar-refractivity contribution is 0.274. The minimum atomic E-state index is 0.240. The molecule has 92 valence electrons. The molecule has 0 saturated heterocycles. The van der Waals surface area contributed by atoms with Gasteiger partial charge < -0.3 is 5.32 Å². The van der Waals surface area contributed by atoms with Gasteiger partial charge in [0.15, 0.2) is 0 Å². The van der Waals surface area contributed by atoms with Gasteiger partial charge in [0.1, 0.15) is 11.0 Å². The highest BCUT2D eigenvalue weighted by Gasteiger charge is 2.19. The molecule has 0 fully saturated rings. The van der Waals surface area contributed by atoms with Gasteiger partial charge in [-0.3, -0.25) is 0 Å². The fourth-order valence-corrected chi connectivity index (χ4v) is 1.42. The fourth-order valence-electron chi connectivity index (χ4n) is 1.22. The van der Waals surface area contributed by atoms with Crippen molar-refractivity contribution in [3.05, 3.63) is 22.8 Å². The largest absolute Gasteiger partial charge is 0.370 e. The first-order valence-electron chi connectivity index (χ1n) is 5.64. The molecule has 0 bridgehead atoms. The molecule has 0 saturated carbocycles. The highest BCUT2D eigenvalue weighted by molar-refractivity contribution is 6.29. The van der Waals surface area contributed by atoms with Crippen LogP contribution >= 0.6 is 11.6 Å². The number of hydrogen-bond acceptors (Lipinski definition) is 3. The normalized spacial score (nSPS) is 12.9. The van der Waals surface area contributed by atoms with Crippen LogP contribution in [0.4, 0.5) is 5.82 Å². The van der Waals surface area contributed by atoms with Crippen LogP contribution in [0.25, 0.3) is 0 Å². The van der Waals surface area contributed by atoms with Gasteiger partial charge >= 0.3 is 0 Å². The first kappa shape index (κ1) is 13.8. The van der Waals surface area contributed by atoms with Crippen molar-refractivity contribution in [1.29, 1.82) is 5.26 Å². The van der Waals surface area contributed by atoms with Crippen molar-refractivity contribution in [3.8, 4) is 6.07 Å². The third-order valence-corrected chi connectivity index (χ3v) is 3.18. The number of halogens is 1. The molecule has 3 nitrogen and oxygen atoms in total. The number of nitrogens with one attached hydrogen (secondary N) is 1. The molecule has 1 aromatic rings. The van der Waals surface area contributed by atoms with Crippen molar-refractivity contribution in [2.45, 2.75) is 27.7 Å². The lowest BCUT2D eigenvalue weighted by atomic mass is 9.82. The van der Waals surface area contributed by atoms with Gasteiger partial charge in [0.25, 0.3) is 0 Å². The first-order chi connectivity index (χ1) is 7.82. The number of anilines is 1. The van der Waals surface area contributed by atoms with Crippen molar-refractivity contribution in [1.82, 2.24) is 4.98 Å². The number of hydrogen-bond donors (Lipinski definition) is 1. The zero-order valence-electron chi connectivity index (χ0n) is 10.7. The molecule has 1 rings (SSSR count). The minimum absolute atomic E-state index is 0.240. The summed E-state index contributed by atoms with van der Waals surface area (Å²) >= 11 is 5.83. The van der Waals surface area contributed by atoms with E-state index >= 15 is 0 Å². The van der Waals surface area contributed by atoms with Crippen LogP contribution in [-0.2, 0) is 0 Å². The summed E-state index contributed by atoms with van der Waals surface area (Å²) < 4.78 is 0. The molecule has 0 spiro atoms. The Morgan fingerprint density at radius 3 is 2.65 bits per heavy atom. The van der Waals surface area contributed by atoms with Crippen molar-refractivity contribution in [2.75, 3.05) is 11.9 Å². The Labute approximate surface area is 108 Å². The second-order valence-electron chi connectivity index (χ2n) is 5.32. The Kier molecular flexibility index (Phi) is 4.36. The van der Waals surface area contributed by atoms with Crippen LogP contribution in [0.15, 0.2) is 12.1 Å². The average molecular weight is 252 g/mol. The van der Waals surface area contributed by atoms with E-state index < -0.39 is 0 Å². The van der Waals surface area contributed by atoms with E-state index in [1.807, 2.05) is 0 Å². The van der Waals surface area contributed by atoms with E-state index in [1.54, 1.807) is 12.1 Å². The first-order valence-corrected chi connectivity index (χ1v) is 6.02. The van der Waals surface area contributed by atoms with Crippen molar-refractivity contribution in [2.24, 2.45) is 11.3 Å². The van der Waals surface area contributed by atoms with Crippen LogP contribution in [-0.4, -0.2) is 11.5 Å². The van der Waals surface area contributed by atoms with Gasteiger partial charge in [0.2, 0.25) is 0 Å². The van der Waals surface area contributed by atoms with Gasteiger partial charge in [-0.05, 0) is 23.5 Å². The number of pyridine rings is 1. The van der Waals surface area contributed by atoms with Crippen molar-refractivity contribution >= 4 is 17.4 Å². The summed E-state index contributed by atoms with van der Waals surface area (Å²) in [5.74, 6) is 1.15. The molecule has 0 aromatic carbocycles. The van der Waals surface area contributed by atoms with Crippen molar-refractivity contribution in [3.63, 3.8) is 0 Å². The van der Waals surface area contributed by atoms with E-state index in [-0.39, 0.29) is 5.41 Å². The van der Waals surface area contributed by atoms with Gasteiger partial charge in [-0.25, -0.2) is 4.98 Å². The summed E-state index contributed by atoms with van der Waals surface area (Å²) in [5.41, 5.74) is 0.764. The van der Waals surface area contributed by atoms with Crippen LogP contribution in [0.1, 0.15) is 33.3 Å². The molecule has 0 aliphatic heterocycles. The molecule has 0 aliphatic carbocycles. The molecule has 0 aliphatic rings. The van der Waals surface area contributed by atoms with E-state index in [9.17, 15) is 0 Å². The fraction of sp³-hybridized carbons (Fsp3) is 0.538. The zero-order chi connectivity index (χ0) is 13.1. The molecule has 1 N–H and O–H groups in total. The second-order valence-corrected chi connectivity index (χ2v) is 5.71. The number of aromatic nitrogens is 1. The number of nitrogens with zero attached hydrogens (tertiary/aromatic N) is 2. The Bertz CT molecular complexity index is 429. The molecule has 0 amide bonds. The molecule has 1 aromatic heterocycles. The SMILES string of the molecule is CC(CNc1cc(C#N)cc(Cl)n1)C(C)(C)C. The number of nitriles is 1. The van der Waals surface area contributed by atoms with E-state index in [2.05, 4.69) is 44.1 Å². The van der Waals surface area contributed by atoms with Gasteiger partial charge in [-0.1, -0.05) is 39.3 Å². The highest BCUT2D eigenvalue weighted by Crippen LogP contribution is 2.25. The van der Waals surface area contributed by atoms with E-state index in [4.69, 9.17) is 16.9 Å². The molecule has 0 radical (unpaired) electrons. The van der Waals surface area contributed by atoms with Gasteiger partial charge in [-0.15, -0.1) is 0 Å². The Hall–Kier alpha value is -1.27. The average Bonchev–Trinajstić information content (AvgIpc) is 2.23. The molecular weight excluding hydrogens is 234 g/mol. The Balaban J connectivity index is 2.70. The van der Waals surface area contributed by atoms with Crippen LogP contribution < -0.4 is 5.32 Å². The summed E-state index contributed by atoms with van der Waals surface area (Å²) in [6.07, 6.45) is 0. The second kappa shape index (κ2) is 5.37. The van der Waals surface area contributed by atoms with Gasteiger partial charge in [0.05, 0.1) is 11.6 Å². The van der Waals surface area contributed by atoms with Crippen LogP contribution in [0.2, 0.25) is 5.15 Å². The van der Waals surface area contributed by atoms with E-state index in [0.717, 1.165) is 6.54 Å². The van der Waals surface area contributed by atoms with Gasteiger partial charge in [-0.2, -0.15) is 5.26 Å². The third-order valence-electron chi connectivity index (χ3n) is 2.99. The predicted octanol–water partition coefficient (Wildman–Crippen LogP) is 3.70. The Morgan fingerprint density at radius 1 is 1.47 bits per heavy atom. The Morgan fingerprint density at radius 2 is 2.12 bits per heavy atom. The van der Waals surface area contributed by atoms with Crippen LogP contribution in [0, 0.1) is 22.7 Å². The van der Waals surface area contributed by atoms with Gasteiger partial charge in [0, 0.05) is 6.54 Å². The number of rotatable bonds is 3. The lowest BCUT2D eigenvalue weighted by Crippen LogP contribution is -2.25.